The Labute approximate surface area is 192 Å². The number of methoxy groups -OCH3 is 2. The number of ether oxygens (including phenoxy) is 2. The van der Waals surface area contributed by atoms with E-state index in [-0.39, 0.29) is 11.5 Å². The SMILES string of the molecule is COc1cccc(C=C(NC(=O)c2ccccc2)C(=O)Nc2ccc(C(C)=O)cc2)c1OC. The zero-order valence-electron chi connectivity index (χ0n) is 18.5. The summed E-state index contributed by atoms with van der Waals surface area (Å²) in [5.41, 5.74) is 1.96. The number of benzene rings is 3. The highest BCUT2D eigenvalue weighted by Crippen LogP contribution is 2.32. The van der Waals surface area contributed by atoms with Gasteiger partial charge in [-0.1, -0.05) is 30.3 Å². The highest BCUT2D eigenvalue weighted by molar-refractivity contribution is 6.11. The number of ketones is 1. The van der Waals surface area contributed by atoms with Gasteiger partial charge in [-0.2, -0.15) is 0 Å². The largest absolute Gasteiger partial charge is 0.493 e. The van der Waals surface area contributed by atoms with Crippen molar-refractivity contribution in [3.8, 4) is 11.5 Å². The van der Waals surface area contributed by atoms with Crippen molar-refractivity contribution in [1.29, 1.82) is 0 Å². The first-order valence-electron chi connectivity index (χ1n) is 10.1. The van der Waals surface area contributed by atoms with Gasteiger partial charge in [0.25, 0.3) is 11.8 Å². The van der Waals surface area contributed by atoms with Crippen LogP contribution in [0.1, 0.15) is 33.2 Å². The van der Waals surface area contributed by atoms with E-state index in [1.54, 1.807) is 72.8 Å². The molecule has 3 aromatic rings. The van der Waals surface area contributed by atoms with Gasteiger partial charge in [-0.3, -0.25) is 14.4 Å². The Balaban J connectivity index is 1.96. The number of rotatable bonds is 8. The van der Waals surface area contributed by atoms with Gasteiger partial charge in [-0.25, -0.2) is 0 Å². The van der Waals surface area contributed by atoms with Crippen LogP contribution >= 0.6 is 0 Å². The Morgan fingerprint density at radius 3 is 2.09 bits per heavy atom. The van der Waals surface area contributed by atoms with Crippen LogP contribution in [0.4, 0.5) is 5.69 Å². The van der Waals surface area contributed by atoms with E-state index < -0.39 is 11.8 Å². The molecule has 0 aromatic heterocycles. The first-order chi connectivity index (χ1) is 15.9. The van der Waals surface area contributed by atoms with E-state index in [1.807, 2.05) is 0 Å². The van der Waals surface area contributed by atoms with E-state index in [9.17, 15) is 14.4 Å². The molecule has 3 rings (SSSR count). The first-order valence-corrected chi connectivity index (χ1v) is 10.1. The highest BCUT2D eigenvalue weighted by atomic mass is 16.5. The van der Waals surface area contributed by atoms with Gasteiger partial charge in [0.15, 0.2) is 17.3 Å². The summed E-state index contributed by atoms with van der Waals surface area (Å²) in [5, 5.41) is 5.43. The summed E-state index contributed by atoms with van der Waals surface area (Å²) in [6.07, 6.45) is 1.52. The van der Waals surface area contributed by atoms with Gasteiger partial charge in [-0.15, -0.1) is 0 Å². The van der Waals surface area contributed by atoms with Crippen molar-refractivity contribution in [2.45, 2.75) is 6.92 Å². The molecule has 0 atom stereocenters. The number of carbonyl (C=O) groups excluding carboxylic acids is 3. The van der Waals surface area contributed by atoms with Crippen molar-refractivity contribution in [3.05, 3.63) is 95.2 Å². The van der Waals surface area contributed by atoms with Crippen molar-refractivity contribution in [2.24, 2.45) is 0 Å². The van der Waals surface area contributed by atoms with E-state index >= 15 is 0 Å². The molecule has 0 bridgehead atoms. The third kappa shape index (κ3) is 5.86. The molecule has 168 valence electrons. The fraction of sp³-hybridized carbons (Fsp3) is 0.115. The van der Waals surface area contributed by atoms with E-state index in [2.05, 4.69) is 10.6 Å². The average Bonchev–Trinajstić information content (AvgIpc) is 2.84. The Bertz CT molecular complexity index is 1190. The molecule has 0 aliphatic rings. The molecular weight excluding hydrogens is 420 g/mol. The van der Waals surface area contributed by atoms with Crippen LogP contribution < -0.4 is 20.1 Å². The molecule has 0 aliphatic carbocycles. The van der Waals surface area contributed by atoms with E-state index in [0.29, 0.717) is 33.9 Å². The number of amides is 2. The number of nitrogens with one attached hydrogen (secondary N) is 2. The minimum absolute atomic E-state index is 0.00560. The summed E-state index contributed by atoms with van der Waals surface area (Å²) in [6, 6.07) is 20.3. The zero-order chi connectivity index (χ0) is 23.8. The van der Waals surface area contributed by atoms with E-state index in [1.165, 1.54) is 27.2 Å². The van der Waals surface area contributed by atoms with Crippen molar-refractivity contribution in [1.82, 2.24) is 5.32 Å². The molecule has 2 N–H and O–H groups in total. The van der Waals surface area contributed by atoms with Gasteiger partial charge in [0.2, 0.25) is 0 Å². The van der Waals surface area contributed by atoms with Gasteiger partial charge >= 0.3 is 0 Å². The molecule has 33 heavy (non-hydrogen) atoms. The van der Waals surface area contributed by atoms with Crippen molar-refractivity contribution < 1.29 is 23.9 Å². The van der Waals surface area contributed by atoms with Crippen LogP contribution in [-0.4, -0.2) is 31.8 Å². The van der Waals surface area contributed by atoms with Crippen molar-refractivity contribution >= 4 is 29.4 Å². The Morgan fingerprint density at radius 2 is 1.48 bits per heavy atom. The molecule has 0 spiro atoms. The molecule has 0 radical (unpaired) electrons. The zero-order valence-corrected chi connectivity index (χ0v) is 18.5. The predicted octanol–water partition coefficient (Wildman–Crippen LogP) is 4.32. The lowest BCUT2D eigenvalue weighted by Crippen LogP contribution is -2.30. The maximum atomic E-state index is 13.1. The Kier molecular flexibility index (Phi) is 7.60. The number of carbonyl (C=O) groups is 3. The monoisotopic (exact) mass is 444 g/mol. The standard InChI is InChI=1S/C26H24N2O5/c1-17(29)18-12-14-21(15-13-18)27-26(31)22(28-25(30)19-8-5-4-6-9-19)16-20-10-7-11-23(32-2)24(20)33-3/h4-16H,1-3H3,(H,27,31)(H,28,30). The molecule has 0 fully saturated rings. The van der Waals surface area contributed by atoms with Crippen molar-refractivity contribution in [3.63, 3.8) is 0 Å². The quantitative estimate of drug-likeness (QED) is 0.399. The van der Waals surface area contributed by atoms with Crippen LogP contribution in [0.3, 0.4) is 0 Å². The molecule has 3 aromatic carbocycles. The smallest absolute Gasteiger partial charge is 0.272 e. The van der Waals surface area contributed by atoms with Crippen LogP contribution in [0.15, 0.2) is 78.5 Å². The second-order valence-electron chi connectivity index (χ2n) is 7.05. The maximum absolute atomic E-state index is 13.1. The molecule has 2 amide bonds. The number of anilines is 1. The average molecular weight is 444 g/mol. The summed E-state index contributed by atoms with van der Waals surface area (Å²) in [6.45, 7) is 1.47. The fourth-order valence-electron chi connectivity index (χ4n) is 3.11. The number of hydrogen-bond donors (Lipinski definition) is 2. The molecular formula is C26H24N2O5. The summed E-state index contributed by atoms with van der Waals surface area (Å²) in [7, 11) is 3.01. The second-order valence-corrected chi connectivity index (χ2v) is 7.05. The minimum Gasteiger partial charge on any atom is -0.493 e. The van der Waals surface area contributed by atoms with E-state index in [0.717, 1.165) is 0 Å². The Morgan fingerprint density at radius 1 is 0.788 bits per heavy atom. The molecule has 0 heterocycles. The third-order valence-electron chi connectivity index (χ3n) is 4.81. The van der Waals surface area contributed by atoms with Crippen molar-refractivity contribution in [2.75, 3.05) is 19.5 Å². The van der Waals surface area contributed by atoms with Gasteiger partial charge in [-0.05, 0) is 55.5 Å². The summed E-state index contributed by atoms with van der Waals surface area (Å²) < 4.78 is 10.8. The summed E-state index contributed by atoms with van der Waals surface area (Å²) in [4.78, 5) is 37.4. The van der Waals surface area contributed by atoms with Gasteiger partial charge < -0.3 is 20.1 Å². The second kappa shape index (κ2) is 10.8. The van der Waals surface area contributed by atoms with Gasteiger partial charge in [0.1, 0.15) is 5.70 Å². The third-order valence-corrected chi connectivity index (χ3v) is 4.81. The molecule has 0 saturated heterocycles. The molecule has 0 saturated carbocycles. The van der Waals surface area contributed by atoms with Crippen LogP contribution in [0, 0.1) is 0 Å². The number of hydrogen-bond acceptors (Lipinski definition) is 5. The molecule has 7 nitrogen and oxygen atoms in total. The fourth-order valence-corrected chi connectivity index (χ4v) is 3.11. The summed E-state index contributed by atoms with van der Waals surface area (Å²) in [5.74, 6) is -0.149. The van der Waals surface area contributed by atoms with Crippen LogP contribution in [0.25, 0.3) is 6.08 Å². The number of Topliss-reactive ketones (excluding diaryl/α,β-unsaturated/α-hetero) is 1. The highest BCUT2D eigenvalue weighted by Gasteiger charge is 2.17. The number of para-hydroxylation sites is 1. The molecule has 7 heteroatoms. The maximum Gasteiger partial charge on any atom is 0.272 e. The molecule has 0 unspecified atom stereocenters. The normalized spacial score (nSPS) is 10.8. The van der Waals surface area contributed by atoms with Gasteiger partial charge in [0.05, 0.1) is 14.2 Å². The summed E-state index contributed by atoms with van der Waals surface area (Å²) >= 11 is 0. The lowest BCUT2D eigenvalue weighted by molar-refractivity contribution is -0.113. The van der Waals surface area contributed by atoms with Crippen LogP contribution in [-0.2, 0) is 4.79 Å². The van der Waals surface area contributed by atoms with Crippen LogP contribution in [0.2, 0.25) is 0 Å². The Hall–Kier alpha value is -4.39. The molecule has 0 aliphatic heterocycles. The lowest BCUT2D eigenvalue weighted by atomic mass is 10.1. The van der Waals surface area contributed by atoms with Gasteiger partial charge in [0, 0.05) is 22.4 Å². The van der Waals surface area contributed by atoms with Crippen LogP contribution in [0.5, 0.6) is 11.5 Å². The topological polar surface area (TPSA) is 93.7 Å². The van der Waals surface area contributed by atoms with E-state index in [4.69, 9.17) is 9.47 Å². The minimum atomic E-state index is -0.542. The predicted molar refractivity (Wildman–Crippen MR) is 127 cm³/mol. The lowest BCUT2D eigenvalue weighted by Gasteiger charge is -2.14. The first kappa shape index (κ1) is 23.3.